The Morgan fingerprint density at radius 1 is 1.08 bits per heavy atom. The van der Waals surface area contributed by atoms with Crippen LogP contribution >= 0.6 is 0 Å². The fraction of sp³-hybridized carbons (Fsp3) is 0.350. The molecule has 0 unspecified atom stereocenters. The maximum Gasteiger partial charge on any atom is 0.315 e. The minimum Gasteiger partial charge on any atom is -0.496 e. The van der Waals surface area contributed by atoms with Gasteiger partial charge in [-0.15, -0.1) is 0 Å². The van der Waals surface area contributed by atoms with Crippen LogP contribution in [-0.4, -0.2) is 26.3 Å². The first-order chi connectivity index (χ1) is 12.3. The third kappa shape index (κ3) is 4.66. The zero-order chi connectivity index (χ0) is 17.5. The summed E-state index contributed by atoms with van der Waals surface area (Å²) in [6.07, 6.45) is 3.53. The van der Waals surface area contributed by atoms with E-state index in [1.165, 1.54) is 24.0 Å². The molecule has 1 aliphatic rings. The van der Waals surface area contributed by atoms with Crippen molar-refractivity contribution < 1.29 is 14.3 Å². The molecule has 2 amide bonds. The van der Waals surface area contributed by atoms with E-state index in [1.54, 1.807) is 7.11 Å². The number of carbonyl (C=O) groups excluding carboxylic acids is 1. The van der Waals surface area contributed by atoms with E-state index in [0.717, 1.165) is 23.5 Å². The zero-order valence-electron chi connectivity index (χ0n) is 14.5. The molecule has 0 saturated heterocycles. The van der Waals surface area contributed by atoms with Gasteiger partial charge >= 0.3 is 6.03 Å². The van der Waals surface area contributed by atoms with Crippen molar-refractivity contribution in [3.05, 3.63) is 59.2 Å². The Balaban J connectivity index is 1.37. The van der Waals surface area contributed by atoms with Crippen LogP contribution in [0.5, 0.6) is 11.5 Å². The van der Waals surface area contributed by atoms with Gasteiger partial charge in [-0.1, -0.05) is 24.3 Å². The van der Waals surface area contributed by atoms with Gasteiger partial charge in [-0.3, -0.25) is 0 Å². The molecule has 25 heavy (non-hydrogen) atoms. The van der Waals surface area contributed by atoms with Crippen molar-refractivity contribution in [1.29, 1.82) is 0 Å². The summed E-state index contributed by atoms with van der Waals surface area (Å²) in [5.41, 5.74) is 3.76. The van der Waals surface area contributed by atoms with E-state index >= 15 is 0 Å². The van der Waals surface area contributed by atoms with Gasteiger partial charge in [-0.25, -0.2) is 4.79 Å². The van der Waals surface area contributed by atoms with E-state index in [4.69, 9.17) is 9.47 Å². The normalized spacial score (nSPS) is 12.4. The largest absolute Gasteiger partial charge is 0.496 e. The topological polar surface area (TPSA) is 59.6 Å². The number of ether oxygens (including phenoxy) is 2. The van der Waals surface area contributed by atoms with Crippen molar-refractivity contribution in [3.8, 4) is 11.5 Å². The lowest BCUT2D eigenvalue weighted by Gasteiger charge is -2.11. The molecular weight excluding hydrogens is 316 g/mol. The molecule has 5 nitrogen and oxygen atoms in total. The van der Waals surface area contributed by atoms with Crippen LogP contribution in [0.2, 0.25) is 0 Å². The van der Waals surface area contributed by atoms with Crippen LogP contribution < -0.4 is 20.1 Å². The van der Waals surface area contributed by atoms with Gasteiger partial charge in [0.25, 0.3) is 0 Å². The molecule has 0 aliphatic heterocycles. The molecule has 0 spiro atoms. The minimum atomic E-state index is -0.219. The van der Waals surface area contributed by atoms with Crippen molar-refractivity contribution in [2.75, 3.05) is 20.3 Å². The van der Waals surface area contributed by atoms with Gasteiger partial charge in [0, 0.05) is 12.1 Å². The van der Waals surface area contributed by atoms with Crippen LogP contribution in [0.3, 0.4) is 0 Å². The molecule has 132 valence electrons. The molecular formula is C20H24N2O3. The molecule has 0 aromatic heterocycles. The van der Waals surface area contributed by atoms with Crippen LogP contribution in [0.25, 0.3) is 0 Å². The molecule has 5 heteroatoms. The van der Waals surface area contributed by atoms with Gasteiger partial charge in [0.15, 0.2) is 0 Å². The van der Waals surface area contributed by atoms with E-state index in [9.17, 15) is 4.79 Å². The molecule has 0 atom stereocenters. The Morgan fingerprint density at radius 3 is 2.80 bits per heavy atom. The SMILES string of the molecule is COc1ccccc1CNC(=O)NCCOc1ccc2c(c1)CCC2. The van der Waals surface area contributed by atoms with Crippen LogP contribution in [0.15, 0.2) is 42.5 Å². The first kappa shape index (κ1) is 17.1. The van der Waals surface area contributed by atoms with Crippen molar-refractivity contribution in [2.24, 2.45) is 0 Å². The maximum absolute atomic E-state index is 11.9. The van der Waals surface area contributed by atoms with Crippen molar-refractivity contribution in [1.82, 2.24) is 10.6 Å². The lowest BCUT2D eigenvalue weighted by molar-refractivity contribution is 0.236. The van der Waals surface area contributed by atoms with Gasteiger partial charge in [0.2, 0.25) is 0 Å². The Labute approximate surface area is 148 Å². The monoisotopic (exact) mass is 340 g/mol. The molecule has 3 rings (SSSR count). The number of amides is 2. The number of methoxy groups -OCH3 is 1. The Hall–Kier alpha value is -2.69. The van der Waals surface area contributed by atoms with Crippen molar-refractivity contribution in [3.63, 3.8) is 0 Å². The van der Waals surface area contributed by atoms with E-state index < -0.39 is 0 Å². The zero-order valence-corrected chi connectivity index (χ0v) is 14.5. The predicted molar refractivity (Wildman–Crippen MR) is 97.2 cm³/mol. The number of hydrogen-bond donors (Lipinski definition) is 2. The highest BCUT2D eigenvalue weighted by molar-refractivity contribution is 5.73. The lowest BCUT2D eigenvalue weighted by atomic mass is 10.1. The predicted octanol–water partition coefficient (Wildman–Crippen LogP) is 3.06. The van der Waals surface area contributed by atoms with Gasteiger partial charge < -0.3 is 20.1 Å². The molecule has 0 fully saturated rings. The fourth-order valence-electron chi connectivity index (χ4n) is 3.06. The number of rotatable bonds is 7. The van der Waals surface area contributed by atoms with E-state index in [-0.39, 0.29) is 6.03 Å². The van der Waals surface area contributed by atoms with Crippen molar-refractivity contribution >= 4 is 6.03 Å². The number of carbonyl (C=O) groups is 1. The number of benzene rings is 2. The standard InChI is InChI=1S/C20H24N2O3/c1-24-19-8-3-2-5-17(19)14-22-20(23)21-11-12-25-18-10-9-15-6-4-7-16(15)13-18/h2-3,5,8-10,13H,4,6-7,11-12,14H2,1H3,(H2,21,22,23). The second kappa shape index (κ2) is 8.42. The highest BCUT2D eigenvalue weighted by atomic mass is 16.5. The van der Waals surface area contributed by atoms with E-state index in [1.807, 2.05) is 30.3 Å². The van der Waals surface area contributed by atoms with Gasteiger partial charge in [0.1, 0.15) is 18.1 Å². The fourth-order valence-corrected chi connectivity index (χ4v) is 3.06. The summed E-state index contributed by atoms with van der Waals surface area (Å²) in [6, 6.07) is 13.7. The maximum atomic E-state index is 11.9. The van der Waals surface area contributed by atoms with E-state index in [0.29, 0.717) is 19.7 Å². The highest BCUT2D eigenvalue weighted by Crippen LogP contribution is 2.25. The first-order valence-corrected chi connectivity index (χ1v) is 8.64. The van der Waals surface area contributed by atoms with Crippen LogP contribution in [0.1, 0.15) is 23.1 Å². The average molecular weight is 340 g/mol. The molecule has 2 N–H and O–H groups in total. The second-order valence-electron chi connectivity index (χ2n) is 6.05. The summed E-state index contributed by atoms with van der Waals surface area (Å²) in [7, 11) is 1.62. The number of fused-ring (bicyclic) bond motifs is 1. The molecule has 0 heterocycles. The smallest absolute Gasteiger partial charge is 0.315 e. The number of nitrogens with one attached hydrogen (secondary N) is 2. The number of para-hydroxylation sites is 1. The molecule has 0 saturated carbocycles. The molecule has 2 aromatic rings. The number of hydrogen-bond acceptors (Lipinski definition) is 3. The highest BCUT2D eigenvalue weighted by Gasteiger charge is 2.11. The summed E-state index contributed by atoms with van der Waals surface area (Å²) in [6.45, 7) is 1.32. The number of urea groups is 1. The summed E-state index contributed by atoms with van der Waals surface area (Å²) >= 11 is 0. The molecule has 2 aromatic carbocycles. The Bertz CT molecular complexity index is 731. The minimum absolute atomic E-state index is 0.219. The van der Waals surface area contributed by atoms with Gasteiger partial charge in [-0.05, 0) is 48.6 Å². The summed E-state index contributed by atoms with van der Waals surface area (Å²) in [5.74, 6) is 1.64. The molecule has 0 radical (unpaired) electrons. The Kier molecular flexibility index (Phi) is 5.77. The van der Waals surface area contributed by atoms with Gasteiger partial charge in [0.05, 0.1) is 13.7 Å². The first-order valence-electron chi connectivity index (χ1n) is 8.64. The number of aryl methyl sites for hydroxylation is 2. The third-order valence-electron chi connectivity index (χ3n) is 4.36. The Morgan fingerprint density at radius 2 is 1.92 bits per heavy atom. The molecule has 1 aliphatic carbocycles. The van der Waals surface area contributed by atoms with Crippen LogP contribution in [0.4, 0.5) is 4.79 Å². The third-order valence-corrected chi connectivity index (χ3v) is 4.36. The summed E-state index contributed by atoms with van der Waals surface area (Å²) in [5, 5.41) is 5.62. The van der Waals surface area contributed by atoms with Crippen molar-refractivity contribution in [2.45, 2.75) is 25.8 Å². The second-order valence-corrected chi connectivity index (χ2v) is 6.05. The quantitative estimate of drug-likeness (QED) is 0.762. The van der Waals surface area contributed by atoms with Crippen LogP contribution in [-0.2, 0) is 19.4 Å². The van der Waals surface area contributed by atoms with E-state index in [2.05, 4.69) is 22.8 Å². The molecule has 0 bridgehead atoms. The lowest BCUT2D eigenvalue weighted by Crippen LogP contribution is -2.37. The van der Waals surface area contributed by atoms with Crippen LogP contribution in [0, 0.1) is 0 Å². The van der Waals surface area contributed by atoms with Gasteiger partial charge in [-0.2, -0.15) is 0 Å². The summed E-state index contributed by atoms with van der Waals surface area (Å²) in [4.78, 5) is 11.9. The average Bonchev–Trinajstić information content (AvgIpc) is 3.11. The summed E-state index contributed by atoms with van der Waals surface area (Å²) < 4.78 is 11.0.